The number of carbonyl (C=O) groups is 1. The van der Waals surface area contributed by atoms with Crippen LogP contribution in [0.4, 0.5) is 11.4 Å². The van der Waals surface area contributed by atoms with Crippen molar-refractivity contribution in [2.75, 3.05) is 18.1 Å². The first kappa shape index (κ1) is 21.1. The SMILES string of the molecule is CCOC(=O)c1ccc(N=Cc2cc3c(cc2Cl)N(CC)C(C)(C)C=C3C)cc1. The Labute approximate surface area is 177 Å². The second-order valence-corrected chi connectivity index (χ2v) is 8.05. The Morgan fingerprint density at radius 2 is 1.90 bits per heavy atom. The van der Waals surface area contributed by atoms with Gasteiger partial charge in [-0.1, -0.05) is 17.7 Å². The molecule has 0 saturated carbocycles. The molecule has 0 bridgehead atoms. The minimum Gasteiger partial charge on any atom is -0.462 e. The maximum absolute atomic E-state index is 11.8. The van der Waals surface area contributed by atoms with Gasteiger partial charge in [-0.25, -0.2) is 4.79 Å². The smallest absolute Gasteiger partial charge is 0.338 e. The average Bonchev–Trinajstić information content (AvgIpc) is 2.67. The number of esters is 1. The Bertz CT molecular complexity index is 975. The zero-order chi connectivity index (χ0) is 21.2. The molecule has 3 rings (SSSR count). The first-order chi connectivity index (χ1) is 13.8. The Morgan fingerprint density at radius 1 is 1.21 bits per heavy atom. The molecule has 0 radical (unpaired) electrons. The number of hydrogen-bond donors (Lipinski definition) is 0. The number of halogens is 1. The van der Waals surface area contributed by atoms with Crippen molar-refractivity contribution in [3.8, 4) is 0 Å². The van der Waals surface area contributed by atoms with Gasteiger partial charge in [0.1, 0.15) is 0 Å². The van der Waals surface area contributed by atoms with Crippen LogP contribution in [0.1, 0.15) is 56.1 Å². The van der Waals surface area contributed by atoms with E-state index in [1.54, 1.807) is 37.4 Å². The summed E-state index contributed by atoms with van der Waals surface area (Å²) in [6.45, 7) is 11.8. The van der Waals surface area contributed by atoms with E-state index in [-0.39, 0.29) is 11.5 Å². The predicted octanol–water partition coefficient (Wildman–Crippen LogP) is 6.29. The van der Waals surface area contributed by atoms with Gasteiger partial charge in [0.25, 0.3) is 0 Å². The number of likely N-dealkylation sites (N-methyl/N-ethyl adjacent to an activating group) is 1. The summed E-state index contributed by atoms with van der Waals surface area (Å²) in [4.78, 5) is 18.6. The van der Waals surface area contributed by atoms with Crippen LogP contribution in [0.5, 0.6) is 0 Å². The van der Waals surface area contributed by atoms with Crippen LogP contribution in [0.15, 0.2) is 47.5 Å². The highest BCUT2D eigenvalue weighted by Crippen LogP contribution is 2.41. The number of ether oxygens (including phenoxy) is 1. The van der Waals surface area contributed by atoms with Gasteiger partial charge in [0, 0.05) is 29.6 Å². The summed E-state index contributed by atoms with van der Waals surface area (Å²) in [5, 5.41) is 0.666. The quantitative estimate of drug-likeness (QED) is 0.429. The first-order valence-electron chi connectivity index (χ1n) is 9.89. The van der Waals surface area contributed by atoms with Gasteiger partial charge in [0.05, 0.1) is 28.4 Å². The molecule has 1 heterocycles. The van der Waals surface area contributed by atoms with Crippen LogP contribution < -0.4 is 4.90 Å². The maximum atomic E-state index is 11.8. The zero-order valence-electron chi connectivity index (χ0n) is 17.6. The number of rotatable bonds is 5. The fourth-order valence-corrected chi connectivity index (χ4v) is 4.04. The topological polar surface area (TPSA) is 41.9 Å². The molecule has 5 heteroatoms. The highest BCUT2D eigenvalue weighted by Gasteiger charge is 2.30. The molecule has 29 heavy (non-hydrogen) atoms. The molecular formula is C24H27ClN2O2. The molecule has 0 atom stereocenters. The molecular weight excluding hydrogens is 384 g/mol. The molecule has 2 aromatic rings. The second kappa shape index (κ2) is 8.42. The summed E-state index contributed by atoms with van der Waals surface area (Å²) in [5.41, 5.74) is 5.64. The lowest BCUT2D eigenvalue weighted by molar-refractivity contribution is 0.0526. The van der Waals surface area contributed by atoms with Crippen molar-refractivity contribution in [2.24, 2.45) is 4.99 Å². The molecule has 0 saturated heterocycles. The summed E-state index contributed by atoms with van der Waals surface area (Å²) in [7, 11) is 0. The van der Waals surface area contributed by atoms with Crippen molar-refractivity contribution >= 4 is 40.7 Å². The standard InChI is InChI=1S/C24H27ClN2O2/c1-6-27-22-13-21(25)18(12-20(22)16(3)14-24(27,4)5)15-26-19-10-8-17(9-11-19)23(28)29-7-2/h8-15H,6-7H2,1-5H3. The van der Waals surface area contributed by atoms with Crippen molar-refractivity contribution in [1.82, 2.24) is 0 Å². The first-order valence-corrected chi connectivity index (χ1v) is 10.3. The van der Waals surface area contributed by atoms with Gasteiger partial charge < -0.3 is 9.64 Å². The Hall–Kier alpha value is -2.59. The minimum absolute atomic E-state index is 0.0502. The molecule has 4 nitrogen and oxygen atoms in total. The monoisotopic (exact) mass is 410 g/mol. The highest BCUT2D eigenvalue weighted by atomic mass is 35.5. The number of hydrogen-bond acceptors (Lipinski definition) is 4. The van der Waals surface area contributed by atoms with Crippen LogP contribution >= 0.6 is 11.6 Å². The van der Waals surface area contributed by atoms with Crippen LogP contribution in [0.3, 0.4) is 0 Å². The van der Waals surface area contributed by atoms with Crippen molar-refractivity contribution < 1.29 is 9.53 Å². The summed E-state index contributed by atoms with van der Waals surface area (Å²) in [5.74, 6) is -0.327. The van der Waals surface area contributed by atoms with Gasteiger partial charge in [-0.05, 0) is 76.6 Å². The summed E-state index contributed by atoms with van der Waals surface area (Å²) in [6.07, 6.45) is 4.06. The Kier molecular flexibility index (Phi) is 6.13. The molecule has 0 fully saturated rings. The van der Waals surface area contributed by atoms with Crippen LogP contribution in [-0.4, -0.2) is 30.9 Å². The fraction of sp³-hybridized carbons (Fsp3) is 0.333. The van der Waals surface area contributed by atoms with Gasteiger partial charge in [0.2, 0.25) is 0 Å². The second-order valence-electron chi connectivity index (χ2n) is 7.64. The van der Waals surface area contributed by atoms with Gasteiger partial charge in [-0.3, -0.25) is 4.99 Å². The number of allylic oxidation sites excluding steroid dienone is 1. The van der Waals surface area contributed by atoms with E-state index in [9.17, 15) is 4.79 Å². The van der Waals surface area contributed by atoms with E-state index in [1.807, 2.05) is 6.07 Å². The number of nitrogens with zero attached hydrogens (tertiary/aromatic N) is 2. The molecule has 1 aliphatic rings. The minimum atomic E-state index is -0.327. The summed E-state index contributed by atoms with van der Waals surface area (Å²) < 4.78 is 5.00. The summed E-state index contributed by atoms with van der Waals surface area (Å²) >= 11 is 6.59. The Balaban J connectivity index is 1.89. The van der Waals surface area contributed by atoms with Crippen molar-refractivity contribution in [3.63, 3.8) is 0 Å². The van der Waals surface area contributed by atoms with Crippen LogP contribution in [-0.2, 0) is 4.74 Å². The van der Waals surface area contributed by atoms with Crippen LogP contribution in [0.25, 0.3) is 5.57 Å². The van der Waals surface area contributed by atoms with E-state index >= 15 is 0 Å². The van der Waals surface area contributed by atoms with E-state index in [1.165, 1.54) is 11.1 Å². The number of aliphatic imine (C=N–C) groups is 1. The number of anilines is 1. The van der Waals surface area contributed by atoms with Crippen molar-refractivity contribution in [2.45, 2.75) is 40.2 Å². The van der Waals surface area contributed by atoms with Crippen LogP contribution in [0, 0.1) is 0 Å². The lowest BCUT2D eigenvalue weighted by atomic mass is 9.88. The molecule has 0 spiro atoms. The molecule has 1 aliphatic heterocycles. The number of fused-ring (bicyclic) bond motifs is 1. The number of benzene rings is 2. The third kappa shape index (κ3) is 4.38. The van der Waals surface area contributed by atoms with E-state index in [2.05, 4.69) is 49.7 Å². The Morgan fingerprint density at radius 3 is 2.52 bits per heavy atom. The van der Waals surface area contributed by atoms with Gasteiger partial charge in [0.15, 0.2) is 0 Å². The largest absolute Gasteiger partial charge is 0.462 e. The summed E-state index contributed by atoms with van der Waals surface area (Å²) in [6, 6.07) is 11.1. The lowest BCUT2D eigenvalue weighted by Crippen LogP contribution is -2.44. The molecule has 2 aromatic carbocycles. The molecule has 0 aliphatic carbocycles. The van der Waals surface area contributed by atoms with E-state index < -0.39 is 0 Å². The lowest BCUT2D eigenvalue weighted by Gasteiger charge is -2.43. The third-order valence-electron chi connectivity index (χ3n) is 5.14. The van der Waals surface area contributed by atoms with Crippen LogP contribution in [0.2, 0.25) is 5.02 Å². The van der Waals surface area contributed by atoms with Gasteiger partial charge in [-0.15, -0.1) is 0 Å². The maximum Gasteiger partial charge on any atom is 0.338 e. The zero-order valence-corrected chi connectivity index (χ0v) is 18.4. The molecule has 152 valence electrons. The predicted molar refractivity (Wildman–Crippen MR) is 122 cm³/mol. The van der Waals surface area contributed by atoms with Gasteiger partial charge >= 0.3 is 5.97 Å². The van der Waals surface area contributed by atoms with E-state index in [0.29, 0.717) is 17.2 Å². The van der Waals surface area contributed by atoms with E-state index in [4.69, 9.17) is 16.3 Å². The van der Waals surface area contributed by atoms with Crippen molar-refractivity contribution in [1.29, 1.82) is 0 Å². The molecule has 0 aromatic heterocycles. The fourth-order valence-electron chi connectivity index (χ4n) is 3.83. The third-order valence-corrected chi connectivity index (χ3v) is 5.47. The molecule has 0 unspecified atom stereocenters. The molecule has 0 amide bonds. The molecule has 0 N–H and O–H groups in total. The van der Waals surface area contributed by atoms with E-state index in [0.717, 1.165) is 23.5 Å². The van der Waals surface area contributed by atoms with Crippen molar-refractivity contribution in [3.05, 3.63) is 64.2 Å². The number of carbonyl (C=O) groups excluding carboxylic acids is 1. The normalized spacial score (nSPS) is 15.2. The van der Waals surface area contributed by atoms with Gasteiger partial charge in [-0.2, -0.15) is 0 Å². The highest BCUT2D eigenvalue weighted by molar-refractivity contribution is 6.33. The average molecular weight is 411 g/mol.